The Kier molecular flexibility index (Phi) is 2.31. The molecule has 92 valence electrons. The highest BCUT2D eigenvalue weighted by Gasteiger charge is 2.27. The summed E-state index contributed by atoms with van der Waals surface area (Å²) >= 11 is 0. The lowest BCUT2D eigenvalue weighted by Gasteiger charge is -2.21. The van der Waals surface area contributed by atoms with Gasteiger partial charge in [-0.3, -0.25) is 4.72 Å². The Balaban J connectivity index is 2.36. The van der Waals surface area contributed by atoms with Crippen LogP contribution in [0.4, 0.5) is 5.69 Å². The molecule has 0 saturated carbocycles. The standard InChI is InChI=1S/C13H11NO3S/c1-17-9-6-7-13-11(8-9)10-4-2-3-5-12(10)14-18(13,15)16/h2-8,14H,1H3. The van der Waals surface area contributed by atoms with Crippen LogP contribution in [0.3, 0.4) is 0 Å². The van der Waals surface area contributed by atoms with Gasteiger partial charge in [0.1, 0.15) is 5.75 Å². The molecule has 0 fully saturated rings. The Morgan fingerprint density at radius 2 is 1.83 bits per heavy atom. The van der Waals surface area contributed by atoms with Gasteiger partial charge in [-0.1, -0.05) is 18.2 Å². The molecule has 0 aromatic heterocycles. The third-order valence-corrected chi connectivity index (χ3v) is 4.36. The van der Waals surface area contributed by atoms with Crippen LogP contribution in [0.2, 0.25) is 0 Å². The summed E-state index contributed by atoms with van der Waals surface area (Å²) in [5.74, 6) is 0.639. The average Bonchev–Trinajstić information content (AvgIpc) is 2.37. The Bertz CT molecular complexity index is 723. The summed E-state index contributed by atoms with van der Waals surface area (Å²) in [6.45, 7) is 0. The molecule has 1 aliphatic heterocycles. The van der Waals surface area contributed by atoms with Gasteiger partial charge in [0.25, 0.3) is 10.0 Å². The zero-order valence-corrected chi connectivity index (χ0v) is 10.5. The van der Waals surface area contributed by atoms with E-state index in [9.17, 15) is 8.42 Å². The summed E-state index contributed by atoms with van der Waals surface area (Å²) in [4.78, 5) is 0.280. The molecule has 2 aromatic rings. The second kappa shape index (κ2) is 3.74. The van der Waals surface area contributed by atoms with Crippen LogP contribution in [0, 0.1) is 0 Å². The summed E-state index contributed by atoms with van der Waals surface area (Å²) in [6, 6.07) is 12.3. The van der Waals surface area contributed by atoms with E-state index in [1.807, 2.05) is 12.1 Å². The predicted molar refractivity (Wildman–Crippen MR) is 69.2 cm³/mol. The second-order valence-electron chi connectivity index (χ2n) is 4.01. The largest absolute Gasteiger partial charge is 0.497 e. The maximum Gasteiger partial charge on any atom is 0.262 e. The summed E-state index contributed by atoms with van der Waals surface area (Å²) < 4.78 is 31.9. The molecule has 5 heteroatoms. The predicted octanol–water partition coefficient (Wildman–Crippen LogP) is 2.48. The first kappa shape index (κ1) is 11.1. The average molecular weight is 261 g/mol. The van der Waals surface area contributed by atoms with Crippen molar-refractivity contribution in [1.82, 2.24) is 0 Å². The molecule has 0 aliphatic carbocycles. The van der Waals surface area contributed by atoms with Gasteiger partial charge in [-0.15, -0.1) is 0 Å². The Morgan fingerprint density at radius 1 is 1.06 bits per heavy atom. The Morgan fingerprint density at radius 3 is 2.61 bits per heavy atom. The van der Waals surface area contributed by atoms with Gasteiger partial charge in [-0.25, -0.2) is 8.42 Å². The van der Waals surface area contributed by atoms with Crippen LogP contribution >= 0.6 is 0 Å². The zero-order valence-electron chi connectivity index (χ0n) is 9.67. The number of para-hydroxylation sites is 1. The number of benzene rings is 2. The van der Waals surface area contributed by atoms with Gasteiger partial charge in [0.15, 0.2) is 0 Å². The topological polar surface area (TPSA) is 55.4 Å². The van der Waals surface area contributed by atoms with Gasteiger partial charge in [0, 0.05) is 11.1 Å². The number of rotatable bonds is 1. The molecule has 0 radical (unpaired) electrons. The van der Waals surface area contributed by atoms with Crippen LogP contribution in [0.5, 0.6) is 5.75 Å². The van der Waals surface area contributed by atoms with Gasteiger partial charge < -0.3 is 4.74 Å². The van der Waals surface area contributed by atoms with Crippen molar-refractivity contribution in [3.63, 3.8) is 0 Å². The normalized spacial score (nSPS) is 15.2. The van der Waals surface area contributed by atoms with Crippen molar-refractivity contribution in [2.75, 3.05) is 11.8 Å². The molecular weight excluding hydrogens is 250 g/mol. The fraction of sp³-hybridized carbons (Fsp3) is 0.0769. The van der Waals surface area contributed by atoms with Crippen molar-refractivity contribution in [3.05, 3.63) is 42.5 Å². The first-order valence-electron chi connectivity index (χ1n) is 5.42. The van der Waals surface area contributed by atoms with Crippen molar-refractivity contribution >= 4 is 15.7 Å². The van der Waals surface area contributed by atoms with Crippen LogP contribution < -0.4 is 9.46 Å². The number of methoxy groups -OCH3 is 1. The highest BCUT2D eigenvalue weighted by atomic mass is 32.2. The molecule has 1 aliphatic rings. The summed E-state index contributed by atoms with van der Waals surface area (Å²) in [6.07, 6.45) is 0. The molecule has 0 bridgehead atoms. The van der Waals surface area contributed by atoms with E-state index in [0.29, 0.717) is 17.0 Å². The van der Waals surface area contributed by atoms with Gasteiger partial charge >= 0.3 is 0 Å². The number of fused-ring (bicyclic) bond motifs is 3. The number of hydrogen-bond donors (Lipinski definition) is 1. The summed E-state index contributed by atoms with van der Waals surface area (Å²) in [5, 5.41) is 0. The number of hydrogen-bond acceptors (Lipinski definition) is 3. The summed E-state index contributed by atoms with van der Waals surface area (Å²) in [7, 11) is -1.93. The monoisotopic (exact) mass is 261 g/mol. The molecule has 2 aromatic carbocycles. The van der Waals surface area contributed by atoms with Gasteiger partial charge in [-0.2, -0.15) is 0 Å². The van der Waals surface area contributed by atoms with Crippen molar-refractivity contribution in [2.24, 2.45) is 0 Å². The van der Waals surface area contributed by atoms with Gasteiger partial charge in [-0.05, 0) is 24.3 Å². The van der Waals surface area contributed by atoms with Crippen molar-refractivity contribution in [3.8, 4) is 16.9 Å². The molecule has 1 heterocycles. The highest BCUT2D eigenvalue weighted by Crippen LogP contribution is 2.40. The maximum atomic E-state index is 12.1. The van der Waals surface area contributed by atoms with Crippen molar-refractivity contribution in [2.45, 2.75) is 4.90 Å². The van der Waals surface area contributed by atoms with E-state index in [4.69, 9.17) is 4.74 Å². The van der Waals surface area contributed by atoms with Crippen molar-refractivity contribution < 1.29 is 13.2 Å². The third-order valence-electron chi connectivity index (χ3n) is 2.94. The number of ether oxygens (including phenoxy) is 1. The van der Waals surface area contributed by atoms with Crippen molar-refractivity contribution in [1.29, 1.82) is 0 Å². The van der Waals surface area contributed by atoms with Crippen LogP contribution in [-0.4, -0.2) is 15.5 Å². The number of anilines is 1. The van der Waals surface area contributed by atoms with Crippen LogP contribution in [0.15, 0.2) is 47.4 Å². The number of nitrogens with one attached hydrogen (secondary N) is 1. The van der Waals surface area contributed by atoms with E-state index < -0.39 is 10.0 Å². The minimum atomic E-state index is -3.49. The Labute approximate surface area is 105 Å². The Hall–Kier alpha value is -2.01. The molecule has 0 unspecified atom stereocenters. The first-order valence-corrected chi connectivity index (χ1v) is 6.90. The lowest BCUT2D eigenvalue weighted by molar-refractivity contribution is 0.414. The van der Waals surface area contributed by atoms with Crippen LogP contribution in [-0.2, 0) is 10.0 Å². The molecule has 3 rings (SSSR count). The van der Waals surface area contributed by atoms with Crippen LogP contribution in [0.25, 0.3) is 11.1 Å². The quantitative estimate of drug-likeness (QED) is 0.858. The fourth-order valence-corrected chi connectivity index (χ4v) is 3.37. The molecule has 0 saturated heterocycles. The second-order valence-corrected chi connectivity index (χ2v) is 5.66. The molecule has 0 atom stereocenters. The SMILES string of the molecule is COc1ccc2c(c1)-c1ccccc1NS2(=O)=O. The van der Waals surface area contributed by atoms with E-state index in [0.717, 1.165) is 5.56 Å². The lowest BCUT2D eigenvalue weighted by atomic mass is 10.0. The van der Waals surface area contributed by atoms with E-state index in [2.05, 4.69) is 4.72 Å². The van der Waals surface area contributed by atoms with Gasteiger partial charge in [0.2, 0.25) is 0 Å². The molecular formula is C13H11NO3S. The zero-order chi connectivity index (χ0) is 12.8. The highest BCUT2D eigenvalue weighted by molar-refractivity contribution is 7.93. The first-order chi connectivity index (χ1) is 8.62. The summed E-state index contributed by atoms with van der Waals surface area (Å²) in [5.41, 5.74) is 2.13. The van der Waals surface area contributed by atoms with E-state index in [1.165, 1.54) is 0 Å². The van der Waals surface area contributed by atoms with E-state index >= 15 is 0 Å². The third kappa shape index (κ3) is 1.55. The van der Waals surface area contributed by atoms with E-state index in [1.54, 1.807) is 37.4 Å². The van der Waals surface area contributed by atoms with E-state index in [-0.39, 0.29) is 4.90 Å². The smallest absolute Gasteiger partial charge is 0.262 e. The minimum absolute atomic E-state index is 0.280. The molecule has 0 spiro atoms. The molecule has 18 heavy (non-hydrogen) atoms. The van der Waals surface area contributed by atoms with Gasteiger partial charge in [0.05, 0.1) is 17.7 Å². The maximum absolute atomic E-state index is 12.1. The molecule has 4 nitrogen and oxygen atoms in total. The molecule has 0 amide bonds. The lowest BCUT2D eigenvalue weighted by Crippen LogP contribution is -2.18. The fourth-order valence-electron chi connectivity index (χ4n) is 2.09. The molecule has 1 N–H and O–H groups in total. The number of sulfonamides is 1. The minimum Gasteiger partial charge on any atom is -0.497 e. The van der Waals surface area contributed by atoms with Crippen LogP contribution in [0.1, 0.15) is 0 Å².